The van der Waals surface area contributed by atoms with Gasteiger partial charge < -0.3 is 69.1 Å². The third kappa shape index (κ3) is 7.29. The number of nitrogens with two attached hydrogens (primary N) is 1. The van der Waals surface area contributed by atoms with E-state index in [1.807, 2.05) is 11.9 Å². The van der Waals surface area contributed by atoms with Gasteiger partial charge >= 0.3 is 11.7 Å². The number of nitrogens with one attached hydrogen (secondary N) is 1. The molecular formula is C36H46N6O17. The van der Waals surface area contributed by atoms with Crippen molar-refractivity contribution in [2.75, 3.05) is 20.3 Å². The Morgan fingerprint density at radius 1 is 1.08 bits per heavy atom. The summed E-state index contributed by atoms with van der Waals surface area (Å²) in [6.45, 7) is 2.58. The Labute approximate surface area is 333 Å². The van der Waals surface area contributed by atoms with E-state index in [1.54, 1.807) is 19.1 Å². The predicted molar refractivity (Wildman–Crippen MR) is 196 cm³/mol. The average molecular weight is 835 g/mol. The van der Waals surface area contributed by atoms with Crippen molar-refractivity contribution in [3.05, 3.63) is 44.1 Å². The van der Waals surface area contributed by atoms with Crippen molar-refractivity contribution < 1.29 is 74.1 Å². The highest BCUT2D eigenvalue weighted by atomic mass is 16.7. The number of aliphatic hydroxyl groups excluding tert-OH is 7. The third-order valence-electron chi connectivity index (χ3n) is 11.5. The van der Waals surface area contributed by atoms with Crippen LogP contribution in [0.1, 0.15) is 18.1 Å². The number of carbonyl (C=O) groups excluding carboxylic acids is 1. The smallest absolute Gasteiger partial charge is 0.349 e. The maximum Gasteiger partial charge on any atom is 0.349 e. The van der Waals surface area contributed by atoms with Crippen molar-refractivity contribution in [1.82, 2.24) is 24.4 Å². The number of nitrogens with zero attached hydrogens (tertiary/aromatic N) is 4. The molecule has 0 aromatic heterocycles. The fourth-order valence-electron chi connectivity index (χ4n) is 7.94. The van der Waals surface area contributed by atoms with E-state index in [9.17, 15) is 60.0 Å². The molecule has 23 nitrogen and oxygen atoms in total. The van der Waals surface area contributed by atoms with Gasteiger partial charge in [-0.3, -0.25) is 25.2 Å². The number of carbonyl (C=O) groups is 2. The number of ether oxygens (including phenoxy) is 5. The molecule has 59 heavy (non-hydrogen) atoms. The number of carboxylic acid groups (broad SMARTS) is 1. The molecule has 23 heteroatoms. The van der Waals surface area contributed by atoms with E-state index in [2.05, 4.69) is 15.9 Å². The number of aryl methyl sites for hydroxylation is 2. The van der Waals surface area contributed by atoms with Gasteiger partial charge in [0.2, 0.25) is 12.3 Å². The van der Waals surface area contributed by atoms with Crippen molar-refractivity contribution in [2.24, 2.45) is 11.1 Å². The number of H-pyrrole nitrogens is 1. The molecule has 12 unspecified atom stereocenters. The second kappa shape index (κ2) is 16.5. The van der Waals surface area contributed by atoms with E-state index in [0.717, 1.165) is 23.1 Å². The first kappa shape index (κ1) is 44.0. The van der Waals surface area contributed by atoms with Gasteiger partial charge in [0.1, 0.15) is 66.5 Å². The second-order valence-electron chi connectivity index (χ2n) is 15.0. The summed E-state index contributed by atoms with van der Waals surface area (Å²) in [5, 5.41) is 86.5. The molecule has 0 spiro atoms. The van der Waals surface area contributed by atoms with E-state index < -0.39 is 128 Å². The first-order valence-electron chi connectivity index (χ1n) is 18.3. The molecule has 0 aliphatic carbocycles. The largest absolute Gasteiger partial charge is 0.479 e. The monoisotopic (exact) mass is 834 g/mol. The minimum absolute atomic E-state index is 0.149. The first-order chi connectivity index (χ1) is 27.8. The number of aromatic amines is 1. The Morgan fingerprint density at radius 3 is 2.37 bits per heavy atom. The molecule has 1 amide bonds. The molecule has 0 radical (unpaired) electrons. The van der Waals surface area contributed by atoms with Gasteiger partial charge in [0.15, 0.2) is 23.9 Å². The molecule has 15 atom stereocenters. The van der Waals surface area contributed by atoms with E-state index in [4.69, 9.17) is 35.8 Å². The molecule has 1 aromatic carbocycles. The summed E-state index contributed by atoms with van der Waals surface area (Å²) in [6, 6.07) is 1.80. The zero-order valence-corrected chi connectivity index (χ0v) is 32.1. The van der Waals surface area contributed by atoms with Gasteiger partial charge in [-0.1, -0.05) is 5.92 Å². The number of aliphatic hydroxyl groups is 7. The SMILES string of the molecule is C#C[C@]1(C)[C@H]2OC(CO)C(O)C(OC3OC(C(=O)O)C(OC)C(O)C3O)C2N(C=O)[C@@]1(N)OCC(O)C(O)C(O)Cn1c2nc(=O)[nH]c(=O)c-2nc2cc(C)c(C)cc21. The number of rotatable bonds is 13. The highest BCUT2D eigenvalue weighted by molar-refractivity contribution is 5.81. The van der Waals surface area contributed by atoms with Crippen LogP contribution in [0.4, 0.5) is 0 Å². The summed E-state index contributed by atoms with van der Waals surface area (Å²) in [6.07, 6.45) is -15.6. The number of benzene rings is 1. The Morgan fingerprint density at radius 2 is 1.76 bits per heavy atom. The number of hydrogen-bond donors (Lipinski definition) is 10. The third-order valence-corrected chi connectivity index (χ3v) is 11.5. The Bertz CT molecular complexity index is 2200. The van der Waals surface area contributed by atoms with Crippen LogP contribution in [0.2, 0.25) is 0 Å². The Balaban J connectivity index is 1.28. The van der Waals surface area contributed by atoms with E-state index in [0.29, 0.717) is 11.0 Å². The Hall–Kier alpha value is -4.52. The van der Waals surface area contributed by atoms with Crippen molar-refractivity contribution in [2.45, 2.75) is 113 Å². The number of methoxy groups -OCH3 is 1. The molecule has 322 valence electrons. The number of hydrogen-bond acceptors (Lipinski definition) is 19. The molecule has 0 saturated carbocycles. The number of amides is 1. The van der Waals surface area contributed by atoms with Crippen LogP contribution in [0.3, 0.4) is 0 Å². The highest BCUT2D eigenvalue weighted by Gasteiger charge is 2.71. The lowest BCUT2D eigenvalue weighted by molar-refractivity contribution is -0.331. The zero-order valence-electron chi connectivity index (χ0n) is 32.1. The van der Waals surface area contributed by atoms with E-state index >= 15 is 0 Å². The summed E-state index contributed by atoms with van der Waals surface area (Å²) < 4.78 is 29.5. The van der Waals surface area contributed by atoms with Crippen molar-refractivity contribution in [3.63, 3.8) is 0 Å². The van der Waals surface area contributed by atoms with Crippen LogP contribution < -0.4 is 17.0 Å². The van der Waals surface area contributed by atoms with Gasteiger partial charge in [0.25, 0.3) is 5.56 Å². The molecule has 5 aliphatic heterocycles. The molecule has 3 saturated heterocycles. The molecule has 5 heterocycles. The number of carboxylic acids is 1. The number of terminal acetylenes is 1. The summed E-state index contributed by atoms with van der Waals surface area (Å²) >= 11 is 0. The normalized spacial score (nSPS) is 34.9. The van der Waals surface area contributed by atoms with Gasteiger partial charge in [-0.25, -0.2) is 14.6 Å². The summed E-state index contributed by atoms with van der Waals surface area (Å²) in [4.78, 5) is 60.9. The number of likely N-dealkylation sites (tertiary alicyclic amines) is 1. The number of aliphatic carboxylic acids is 1. The Kier molecular flexibility index (Phi) is 12.3. The van der Waals surface area contributed by atoms with Crippen LogP contribution in [0, 0.1) is 31.6 Å². The lowest BCUT2D eigenvalue weighted by Gasteiger charge is -2.47. The van der Waals surface area contributed by atoms with Crippen LogP contribution in [0.5, 0.6) is 0 Å². The number of aromatic nitrogens is 4. The maximum atomic E-state index is 12.9. The lowest BCUT2D eigenvalue weighted by Crippen LogP contribution is -2.67. The summed E-state index contributed by atoms with van der Waals surface area (Å²) in [7, 11) is 1.08. The average Bonchev–Trinajstić information content (AvgIpc) is 3.38. The fourth-order valence-corrected chi connectivity index (χ4v) is 7.94. The minimum atomic E-state index is -2.50. The lowest BCUT2D eigenvalue weighted by atomic mass is 9.78. The standard InChI is InChI=1S/C36H46N6O17/c1-6-35(4)29-21(26(23(48)19(10-43)57-29)58-33-25(50)24(49)27(55-5)28(59-33)32(52)53)42(12-44)36(35,37)56-11-18(46)22(47)17(45)9-41-16-8-14(3)13(2)7-15(16)38-20-30(41)39-34(54)40-31(20)51/h1,7-8,12,17-19,21-29,33,43,45-50H,9-11,37H2,2-5H3,(H,52,53)(H,40,51,54)/t17?,18?,19?,21?,22?,23?,24?,25?,26?,27?,28?,29-,33?,35+,36+/m0/s1. The van der Waals surface area contributed by atoms with Gasteiger partial charge in [0.05, 0.1) is 36.8 Å². The molecular weight excluding hydrogens is 788 g/mol. The molecule has 1 aromatic rings. The quantitative estimate of drug-likeness (QED) is 0.0332. The molecule has 11 N–H and O–H groups in total. The van der Waals surface area contributed by atoms with Crippen LogP contribution >= 0.6 is 0 Å². The van der Waals surface area contributed by atoms with Crippen LogP contribution in [0.15, 0.2) is 21.7 Å². The zero-order chi connectivity index (χ0) is 43.5. The first-order valence-corrected chi connectivity index (χ1v) is 18.3. The fraction of sp³-hybridized carbons (Fsp3) is 0.611. The van der Waals surface area contributed by atoms with Gasteiger partial charge in [-0.15, -0.1) is 6.42 Å². The van der Waals surface area contributed by atoms with Crippen LogP contribution in [-0.4, -0.2) is 183 Å². The van der Waals surface area contributed by atoms with Gasteiger partial charge in [-0.2, -0.15) is 4.98 Å². The van der Waals surface area contributed by atoms with E-state index in [-0.39, 0.29) is 17.9 Å². The highest BCUT2D eigenvalue weighted by Crippen LogP contribution is 2.51. The van der Waals surface area contributed by atoms with E-state index in [1.165, 1.54) is 11.5 Å². The van der Waals surface area contributed by atoms with Crippen molar-refractivity contribution >= 4 is 23.4 Å². The predicted octanol–water partition coefficient (Wildman–Crippen LogP) is -5.55. The summed E-state index contributed by atoms with van der Waals surface area (Å²) in [5.41, 5.74) is 4.96. The minimum Gasteiger partial charge on any atom is -0.479 e. The van der Waals surface area contributed by atoms with Crippen LogP contribution in [-0.2, 0) is 39.8 Å². The maximum absolute atomic E-state index is 12.9. The molecule has 0 bridgehead atoms. The molecule has 6 rings (SSSR count). The molecule has 3 fully saturated rings. The van der Waals surface area contributed by atoms with Crippen molar-refractivity contribution in [1.29, 1.82) is 0 Å². The van der Waals surface area contributed by atoms with Gasteiger partial charge in [0, 0.05) is 7.11 Å². The topological polar surface area (TPSA) is 352 Å². The van der Waals surface area contributed by atoms with Crippen molar-refractivity contribution in [3.8, 4) is 23.9 Å². The van der Waals surface area contributed by atoms with Gasteiger partial charge in [-0.05, 0) is 44.0 Å². The second-order valence-corrected chi connectivity index (χ2v) is 15.0. The summed E-state index contributed by atoms with van der Waals surface area (Å²) in [5.74, 6) is -1.89. The number of fused-ring (bicyclic) bond motifs is 3. The van der Waals surface area contributed by atoms with Crippen LogP contribution in [0.25, 0.3) is 22.6 Å². The molecule has 5 aliphatic rings.